The van der Waals surface area contributed by atoms with Crippen molar-refractivity contribution in [3.05, 3.63) is 18.0 Å². The monoisotopic (exact) mass is 324 g/mol. The maximum absolute atomic E-state index is 12.0. The van der Waals surface area contributed by atoms with Crippen LogP contribution in [0.25, 0.3) is 0 Å². The Morgan fingerprint density at radius 2 is 2.18 bits per heavy atom. The van der Waals surface area contributed by atoms with Crippen molar-refractivity contribution in [1.82, 2.24) is 19.4 Å². The number of sulfonamides is 1. The van der Waals surface area contributed by atoms with Gasteiger partial charge in [0.2, 0.25) is 10.0 Å². The van der Waals surface area contributed by atoms with Gasteiger partial charge in [0, 0.05) is 37.9 Å². The summed E-state index contributed by atoms with van der Waals surface area (Å²) in [5, 5.41) is 4.12. The molecule has 3 aliphatic rings. The van der Waals surface area contributed by atoms with Crippen LogP contribution in [0.1, 0.15) is 37.7 Å². The van der Waals surface area contributed by atoms with Crippen molar-refractivity contribution in [2.75, 3.05) is 13.1 Å². The van der Waals surface area contributed by atoms with Crippen molar-refractivity contribution < 1.29 is 8.42 Å². The van der Waals surface area contributed by atoms with E-state index in [9.17, 15) is 8.42 Å². The third-order valence-corrected chi connectivity index (χ3v) is 7.35. The van der Waals surface area contributed by atoms with Gasteiger partial charge in [0.1, 0.15) is 0 Å². The fourth-order valence-electron chi connectivity index (χ4n) is 4.08. The summed E-state index contributed by atoms with van der Waals surface area (Å²) in [6.45, 7) is 3.15. The summed E-state index contributed by atoms with van der Waals surface area (Å²) in [6, 6.07) is 0.170. The molecule has 1 aliphatic heterocycles. The summed E-state index contributed by atoms with van der Waals surface area (Å²) in [6.07, 6.45) is 8.87. The lowest BCUT2D eigenvalue weighted by atomic mass is 9.65. The number of aryl methyl sites for hydroxylation is 1. The second-order valence-corrected chi connectivity index (χ2v) is 9.44. The first-order valence-corrected chi connectivity index (χ1v) is 9.70. The zero-order valence-corrected chi connectivity index (χ0v) is 13.8. The van der Waals surface area contributed by atoms with Crippen molar-refractivity contribution in [3.63, 3.8) is 0 Å². The van der Waals surface area contributed by atoms with E-state index in [1.807, 2.05) is 17.9 Å². The Morgan fingerprint density at radius 1 is 1.41 bits per heavy atom. The van der Waals surface area contributed by atoms with Gasteiger partial charge in [-0.05, 0) is 44.1 Å². The second-order valence-electron chi connectivity index (χ2n) is 7.45. The van der Waals surface area contributed by atoms with Crippen molar-refractivity contribution >= 4 is 10.0 Å². The van der Waals surface area contributed by atoms with Crippen LogP contribution in [0, 0.1) is 5.41 Å². The Balaban J connectivity index is 1.29. The van der Waals surface area contributed by atoms with Gasteiger partial charge < -0.3 is 0 Å². The number of likely N-dealkylation sites (tertiary alicyclic amines) is 1. The van der Waals surface area contributed by atoms with Crippen LogP contribution in [0.5, 0.6) is 0 Å². The average molecular weight is 324 g/mol. The molecule has 0 aromatic carbocycles. The van der Waals surface area contributed by atoms with Gasteiger partial charge in [-0.3, -0.25) is 9.58 Å². The van der Waals surface area contributed by atoms with Crippen molar-refractivity contribution in [2.24, 2.45) is 12.5 Å². The van der Waals surface area contributed by atoms with E-state index in [1.54, 1.807) is 0 Å². The minimum atomic E-state index is -3.03. The highest BCUT2D eigenvalue weighted by Gasteiger charge is 2.50. The minimum absolute atomic E-state index is 0.102. The first-order chi connectivity index (χ1) is 10.4. The third kappa shape index (κ3) is 2.81. The second kappa shape index (κ2) is 5.04. The lowest BCUT2D eigenvalue weighted by Crippen LogP contribution is -2.52. The molecule has 6 nitrogen and oxygen atoms in total. The predicted molar refractivity (Wildman–Crippen MR) is 83.6 cm³/mol. The molecular weight excluding hydrogens is 300 g/mol. The maximum atomic E-state index is 12.0. The molecule has 0 bridgehead atoms. The Bertz CT molecular complexity index is 659. The molecule has 2 saturated carbocycles. The van der Waals surface area contributed by atoms with Crippen molar-refractivity contribution in [1.29, 1.82) is 0 Å². The summed E-state index contributed by atoms with van der Waals surface area (Å²) in [4.78, 5) is 2.47. The molecule has 1 saturated heterocycles. The number of nitrogens with zero attached hydrogens (tertiary/aromatic N) is 3. The smallest absolute Gasteiger partial charge is 0.214 e. The predicted octanol–water partition coefficient (Wildman–Crippen LogP) is 0.856. The molecule has 2 heterocycles. The summed E-state index contributed by atoms with van der Waals surface area (Å²) < 4.78 is 28.7. The van der Waals surface area contributed by atoms with E-state index < -0.39 is 10.0 Å². The summed E-state index contributed by atoms with van der Waals surface area (Å²) in [5.41, 5.74) is 1.60. The molecule has 2 aliphatic carbocycles. The van der Waals surface area contributed by atoms with Crippen molar-refractivity contribution in [3.8, 4) is 0 Å². The van der Waals surface area contributed by atoms with Crippen LogP contribution in [0.2, 0.25) is 0 Å². The van der Waals surface area contributed by atoms with Crippen LogP contribution in [-0.4, -0.2) is 47.5 Å². The van der Waals surface area contributed by atoms with Gasteiger partial charge in [-0.1, -0.05) is 0 Å². The van der Waals surface area contributed by atoms with E-state index in [-0.39, 0.29) is 11.3 Å². The van der Waals surface area contributed by atoms with Crippen LogP contribution in [0.4, 0.5) is 0 Å². The van der Waals surface area contributed by atoms with Gasteiger partial charge in [0.15, 0.2) is 0 Å². The number of nitrogens with one attached hydrogen (secondary N) is 1. The molecule has 1 N–H and O–H groups in total. The highest BCUT2D eigenvalue weighted by atomic mass is 32.2. The molecular formula is C15H24N4O2S. The SMILES string of the molecule is Cn1cc(CN2CCC3(CC(NS(=O)(=O)C4CC4)C3)C2)cn1. The van der Waals surface area contributed by atoms with Gasteiger partial charge in [0.25, 0.3) is 0 Å². The fraction of sp³-hybridized carbons (Fsp3) is 0.800. The van der Waals surface area contributed by atoms with Gasteiger partial charge >= 0.3 is 0 Å². The van der Waals surface area contributed by atoms with Crippen LogP contribution in [0.3, 0.4) is 0 Å². The first-order valence-electron chi connectivity index (χ1n) is 8.15. The minimum Gasteiger partial charge on any atom is -0.298 e. The highest BCUT2D eigenvalue weighted by Crippen LogP contribution is 2.49. The Labute approximate surface area is 131 Å². The zero-order chi connectivity index (χ0) is 15.4. The molecule has 0 unspecified atom stereocenters. The van der Waals surface area contributed by atoms with Gasteiger partial charge in [0.05, 0.1) is 11.4 Å². The molecule has 7 heteroatoms. The standard InChI is InChI=1S/C15H24N4O2S/c1-18-9-12(8-16-18)10-19-5-4-15(11-19)6-13(7-15)17-22(20,21)14-2-3-14/h8-9,13-14,17H,2-7,10-11H2,1H3. The number of hydrogen-bond donors (Lipinski definition) is 1. The fourth-order valence-corrected chi connectivity index (χ4v) is 5.66. The molecule has 1 aromatic heterocycles. The average Bonchev–Trinajstić information content (AvgIpc) is 3.09. The van der Waals surface area contributed by atoms with E-state index in [2.05, 4.69) is 20.9 Å². The summed E-state index contributed by atoms with van der Waals surface area (Å²) in [7, 11) is -1.09. The largest absolute Gasteiger partial charge is 0.298 e. The van der Waals surface area contributed by atoms with E-state index in [1.165, 1.54) is 12.0 Å². The third-order valence-electron chi connectivity index (χ3n) is 5.33. The van der Waals surface area contributed by atoms with Gasteiger partial charge in [-0.2, -0.15) is 5.10 Å². The normalized spacial score (nSPS) is 32.5. The number of hydrogen-bond acceptors (Lipinski definition) is 4. The Morgan fingerprint density at radius 3 is 2.82 bits per heavy atom. The van der Waals surface area contributed by atoms with Crippen LogP contribution < -0.4 is 4.72 Å². The van der Waals surface area contributed by atoms with Gasteiger partial charge in [-0.15, -0.1) is 0 Å². The molecule has 122 valence electrons. The molecule has 4 rings (SSSR count). The summed E-state index contributed by atoms with van der Waals surface area (Å²) >= 11 is 0. The highest BCUT2D eigenvalue weighted by molar-refractivity contribution is 7.90. The number of rotatable bonds is 5. The van der Waals surface area contributed by atoms with E-state index in [0.717, 1.165) is 45.3 Å². The van der Waals surface area contributed by atoms with Crippen LogP contribution >= 0.6 is 0 Å². The molecule has 3 fully saturated rings. The Hall–Kier alpha value is -0.920. The quantitative estimate of drug-likeness (QED) is 0.872. The molecule has 1 aromatic rings. The Kier molecular flexibility index (Phi) is 3.36. The topological polar surface area (TPSA) is 67.2 Å². The lowest BCUT2D eigenvalue weighted by Gasteiger charge is -2.45. The molecule has 0 atom stereocenters. The molecule has 22 heavy (non-hydrogen) atoms. The van der Waals surface area contributed by atoms with E-state index in [4.69, 9.17) is 0 Å². The first kappa shape index (κ1) is 14.7. The maximum Gasteiger partial charge on any atom is 0.214 e. The van der Waals surface area contributed by atoms with Crippen LogP contribution in [0.15, 0.2) is 12.4 Å². The summed E-state index contributed by atoms with van der Waals surface area (Å²) in [5.74, 6) is 0. The van der Waals surface area contributed by atoms with E-state index >= 15 is 0 Å². The molecule has 1 spiro atoms. The lowest BCUT2D eigenvalue weighted by molar-refractivity contribution is 0.101. The number of aromatic nitrogens is 2. The zero-order valence-electron chi connectivity index (χ0n) is 13.0. The van der Waals surface area contributed by atoms with Crippen molar-refractivity contribution in [2.45, 2.75) is 49.9 Å². The molecule has 0 radical (unpaired) electrons. The molecule has 0 amide bonds. The van der Waals surface area contributed by atoms with Gasteiger partial charge in [-0.25, -0.2) is 13.1 Å². The van der Waals surface area contributed by atoms with Crippen LogP contribution in [-0.2, 0) is 23.6 Å². The van der Waals surface area contributed by atoms with E-state index in [0.29, 0.717) is 5.41 Å².